The molecule has 0 spiro atoms. The lowest BCUT2D eigenvalue weighted by Crippen LogP contribution is -2.01. The number of rotatable bonds is 3. The lowest BCUT2D eigenvalue weighted by atomic mass is 10.1. The highest BCUT2D eigenvalue weighted by Gasteiger charge is 2.25. The molecular formula is C14H17N3. The van der Waals surface area contributed by atoms with Crippen LogP contribution in [-0.4, -0.2) is 9.55 Å². The van der Waals surface area contributed by atoms with E-state index in [1.165, 1.54) is 24.0 Å². The van der Waals surface area contributed by atoms with Gasteiger partial charge in [-0.1, -0.05) is 6.07 Å². The van der Waals surface area contributed by atoms with Gasteiger partial charge in [0.2, 0.25) is 5.95 Å². The van der Waals surface area contributed by atoms with Crippen molar-refractivity contribution in [2.75, 3.05) is 5.32 Å². The molecule has 1 aromatic carbocycles. The van der Waals surface area contributed by atoms with E-state index in [0.29, 0.717) is 6.04 Å². The Hall–Kier alpha value is -1.77. The zero-order valence-electron chi connectivity index (χ0n) is 10.3. The molecule has 1 aromatic heterocycles. The summed E-state index contributed by atoms with van der Waals surface area (Å²) in [6.45, 7) is 4.23. The van der Waals surface area contributed by atoms with Gasteiger partial charge < -0.3 is 9.88 Å². The largest absolute Gasteiger partial charge is 0.326 e. The molecule has 17 heavy (non-hydrogen) atoms. The van der Waals surface area contributed by atoms with Crippen LogP contribution >= 0.6 is 0 Å². The summed E-state index contributed by atoms with van der Waals surface area (Å²) in [5, 5.41) is 3.41. The molecule has 1 saturated carbocycles. The van der Waals surface area contributed by atoms with E-state index in [1.807, 2.05) is 6.20 Å². The van der Waals surface area contributed by atoms with Crippen molar-refractivity contribution in [2.45, 2.75) is 32.7 Å². The van der Waals surface area contributed by atoms with Gasteiger partial charge >= 0.3 is 0 Å². The molecule has 1 aliphatic carbocycles. The fourth-order valence-electron chi connectivity index (χ4n) is 2.23. The zero-order valence-corrected chi connectivity index (χ0v) is 10.3. The maximum absolute atomic E-state index is 4.38. The van der Waals surface area contributed by atoms with Crippen LogP contribution in [0.5, 0.6) is 0 Å². The van der Waals surface area contributed by atoms with Crippen LogP contribution in [0, 0.1) is 13.8 Å². The van der Waals surface area contributed by atoms with Gasteiger partial charge in [-0.25, -0.2) is 4.98 Å². The second-order valence-electron chi connectivity index (χ2n) is 4.89. The zero-order chi connectivity index (χ0) is 11.8. The molecule has 0 radical (unpaired) electrons. The van der Waals surface area contributed by atoms with Crippen LogP contribution in [-0.2, 0) is 0 Å². The van der Waals surface area contributed by atoms with Crippen molar-refractivity contribution >= 4 is 11.6 Å². The third-order valence-corrected chi connectivity index (χ3v) is 3.09. The van der Waals surface area contributed by atoms with Crippen LogP contribution in [0.1, 0.15) is 30.0 Å². The molecule has 0 unspecified atom stereocenters. The lowest BCUT2D eigenvalue weighted by molar-refractivity contribution is 0.751. The van der Waals surface area contributed by atoms with Gasteiger partial charge in [-0.2, -0.15) is 0 Å². The number of hydrogen-bond acceptors (Lipinski definition) is 2. The molecule has 0 bridgehead atoms. The second-order valence-corrected chi connectivity index (χ2v) is 4.89. The molecule has 0 aliphatic heterocycles. The molecule has 3 rings (SSSR count). The summed E-state index contributed by atoms with van der Waals surface area (Å²) < 4.78 is 2.23. The van der Waals surface area contributed by atoms with E-state index in [4.69, 9.17) is 0 Å². The Morgan fingerprint density at radius 1 is 1.18 bits per heavy atom. The van der Waals surface area contributed by atoms with Crippen molar-refractivity contribution in [3.63, 3.8) is 0 Å². The molecule has 1 fully saturated rings. The quantitative estimate of drug-likeness (QED) is 0.868. The monoisotopic (exact) mass is 227 g/mol. The Bertz CT molecular complexity index is 518. The second kappa shape index (κ2) is 3.91. The number of nitrogens with zero attached hydrogens (tertiary/aromatic N) is 2. The standard InChI is InChI=1S/C14H17N3/c1-10-7-11(2)9-12(8-10)16-14-15-5-6-17(14)13-3-4-13/h5-9,13H,3-4H2,1-2H3,(H,15,16). The summed E-state index contributed by atoms with van der Waals surface area (Å²) in [6, 6.07) is 7.14. The number of imidazole rings is 1. The van der Waals surface area contributed by atoms with Crippen LogP contribution in [0.25, 0.3) is 0 Å². The van der Waals surface area contributed by atoms with Crippen LogP contribution in [0.2, 0.25) is 0 Å². The molecule has 3 heteroatoms. The van der Waals surface area contributed by atoms with Gasteiger partial charge in [0.1, 0.15) is 0 Å². The summed E-state index contributed by atoms with van der Waals surface area (Å²) in [6.07, 6.45) is 6.47. The van der Waals surface area contributed by atoms with E-state index in [2.05, 4.69) is 53.1 Å². The van der Waals surface area contributed by atoms with E-state index >= 15 is 0 Å². The van der Waals surface area contributed by atoms with Gasteiger partial charge in [0.05, 0.1) is 0 Å². The Morgan fingerprint density at radius 2 is 1.88 bits per heavy atom. The minimum Gasteiger partial charge on any atom is -0.326 e. The number of aromatic nitrogens is 2. The van der Waals surface area contributed by atoms with Gasteiger partial charge in [0.15, 0.2) is 0 Å². The summed E-state index contributed by atoms with van der Waals surface area (Å²) in [7, 11) is 0. The first kappa shape index (κ1) is 10.4. The minimum absolute atomic E-state index is 0.658. The molecular weight excluding hydrogens is 210 g/mol. The Labute approximate surface area is 101 Å². The van der Waals surface area contributed by atoms with Gasteiger partial charge in [-0.3, -0.25) is 0 Å². The highest BCUT2D eigenvalue weighted by Crippen LogP contribution is 2.37. The van der Waals surface area contributed by atoms with Crippen molar-refractivity contribution in [1.29, 1.82) is 0 Å². The summed E-state index contributed by atoms with van der Waals surface area (Å²) in [5.74, 6) is 0.956. The van der Waals surface area contributed by atoms with Crippen molar-refractivity contribution in [2.24, 2.45) is 0 Å². The fraction of sp³-hybridized carbons (Fsp3) is 0.357. The van der Waals surface area contributed by atoms with Crippen LogP contribution < -0.4 is 5.32 Å². The molecule has 0 atom stereocenters. The highest BCUT2D eigenvalue weighted by molar-refractivity contribution is 5.56. The van der Waals surface area contributed by atoms with Gasteiger partial charge in [-0.05, 0) is 49.9 Å². The third kappa shape index (κ3) is 2.18. The van der Waals surface area contributed by atoms with E-state index in [9.17, 15) is 0 Å². The Morgan fingerprint density at radius 3 is 2.53 bits per heavy atom. The van der Waals surface area contributed by atoms with Gasteiger partial charge in [0.25, 0.3) is 0 Å². The SMILES string of the molecule is Cc1cc(C)cc(Nc2nccn2C2CC2)c1. The van der Waals surface area contributed by atoms with E-state index < -0.39 is 0 Å². The molecule has 2 aromatic rings. The third-order valence-electron chi connectivity index (χ3n) is 3.09. The van der Waals surface area contributed by atoms with E-state index in [1.54, 1.807) is 0 Å². The summed E-state index contributed by atoms with van der Waals surface area (Å²) in [5.41, 5.74) is 3.67. The molecule has 1 N–H and O–H groups in total. The fourth-order valence-corrected chi connectivity index (χ4v) is 2.23. The van der Waals surface area contributed by atoms with Crippen molar-refractivity contribution in [3.05, 3.63) is 41.7 Å². The summed E-state index contributed by atoms with van der Waals surface area (Å²) in [4.78, 5) is 4.38. The molecule has 0 saturated heterocycles. The lowest BCUT2D eigenvalue weighted by Gasteiger charge is -2.10. The molecule has 0 amide bonds. The van der Waals surface area contributed by atoms with E-state index in [0.717, 1.165) is 11.6 Å². The van der Waals surface area contributed by atoms with Crippen molar-refractivity contribution in [3.8, 4) is 0 Å². The highest BCUT2D eigenvalue weighted by atomic mass is 15.2. The van der Waals surface area contributed by atoms with Crippen LogP contribution in [0.15, 0.2) is 30.6 Å². The molecule has 88 valence electrons. The van der Waals surface area contributed by atoms with Crippen molar-refractivity contribution in [1.82, 2.24) is 9.55 Å². The molecule has 1 aliphatic rings. The average Bonchev–Trinajstić information content (AvgIpc) is 2.99. The van der Waals surface area contributed by atoms with E-state index in [-0.39, 0.29) is 0 Å². The minimum atomic E-state index is 0.658. The number of benzene rings is 1. The molecule has 1 heterocycles. The number of hydrogen-bond donors (Lipinski definition) is 1. The predicted octanol–water partition coefficient (Wildman–Crippen LogP) is 3.58. The topological polar surface area (TPSA) is 29.9 Å². The maximum Gasteiger partial charge on any atom is 0.207 e. The molecule has 3 nitrogen and oxygen atoms in total. The Kier molecular flexibility index (Phi) is 2.39. The smallest absolute Gasteiger partial charge is 0.207 e. The van der Waals surface area contributed by atoms with Gasteiger partial charge in [0, 0.05) is 24.1 Å². The predicted molar refractivity (Wildman–Crippen MR) is 69.7 cm³/mol. The normalized spacial score (nSPS) is 14.9. The van der Waals surface area contributed by atoms with Gasteiger partial charge in [-0.15, -0.1) is 0 Å². The van der Waals surface area contributed by atoms with Crippen LogP contribution in [0.4, 0.5) is 11.6 Å². The van der Waals surface area contributed by atoms with Crippen molar-refractivity contribution < 1.29 is 0 Å². The maximum atomic E-state index is 4.38. The average molecular weight is 227 g/mol. The number of nitrogens with one attached hydrogen (secondary N) is 1. The first-order valence-corrected chi connectivity index (χ1v) is 6.10. The summed E-state index contributed by atoms with van der Waals surface area (Å²) >= 11 is 0. The number of anilines is 2. The first-order valence-electron chi connectivity index (χ1n) is 6.10. The van der Waals surface area contributed by atoms with Crippen LogP contribution in [0.3, 0.4) is 0 Å². The first-order chi connectivity index (χ1) is 8.22. The number of aryl methyl sites for hydroxylation is 2. The Balaban J connectivity index is 1.88.